The highest BCUT2D eigenvalue weighted by atomic mass is 35.5. The molecule has 0 saturated carbocycles. The molecule has 0 bridgehead atoms. The number of benzene rings is 1. The molecule has 3 N–H and O–H groups in total. The van der Waals surface area contributed by atoms with E-state index in [0.717, 1.165) is 6.07 Å². The van der Waals surface area contributed by atoms with E-state index in [4.69, 9.17) is 17.3 Å². The number of rotatable bonds is 2. The molecule has 0 atom stereocenters. The number of nitro groups is 1. The predicted molar refractivity (Wildman–Crippen MR) is 58.5 cm³/mol. The van der Waals surface area contributed by atoms with Crippen molar-refractivity contribution < 1.29 is 9.31 Å². The van der Waals surface area contributed by atoms with Gasteiger partial charge in [0.15, 0.2) is 5.11 Å². The Hall–Kier alpha value is -1.47. The van der Waals surface area contributed by atoms with E-state index in [0.29, 0.717) is 6.07 Å². The lowest BCUT2D eigenvalue weighted by Crippen LogP contribution is -2.19. The van der Waals surface area contributed by atoms with Crippen molar-refractivity contribution in [3.63, 3.8) is 0 Å². The first-order valence-electron chi connectivity index (χ1n) is 3.61. The molecule has 15 heavy (non-hydrogen) atoms. The van der Waals surface area contributed by atoms with E-state index in [2.05, 4.69) is 17.5 Å². The Morgan fingerprint density at radius 1 is 1.67 bits per heavy atom. The van der Waals surface area contributed by atoms with E-state index in [1.807, 2.05) is 0 Å². The van der Waals surface area contributed by atoms with Crippen LogP contribution in [0.5, 0.6) is 0 Å². The van der Waals surface area contributed by atoms with Crippen molar-refractivity contribution in [3.8, 4) is 0 Å². The molecule has 1 rings (SSSR count). The van der Waals surface area contributed by atoms with Crippen LogP contribution < -0.4 is 11.1 Å². The monoisotopic (exact) mass is 249 g/mol. The van der Waals surface area contributed by atoms with Crippen LogP contribution >= 0.6 is 23.8 Å². The van der Waals surface area contributed by atoms with Crippen LogP contribution in [0.1, 0.15) is 0 Å². The number of halogens is 2. The Labute approximate surface area is 94.2 Å². The summed E-state index contributed by atoms with van der Waals surface area (Å²) < 4.78 is 12.9. The summed E-state index contributed by atoms with van der Waals surface area (Å²) in [6.07, 6.45) is 0. The molecule has 80 valence electrons. The quantitative estimate of drug-likeness (QED) is 0.476. The van der Waals surface area contributed by atoms with Crippen LogP contribution in [0.3, 0.4) is 0 Å². The minimum absolute atomic E-state index is 0.0427. The lowest BCUT2D eigenvalue weighted by atomic mass is 10.2. The molecule has 1 aromatic carbocycles. The van der Waals surface area contributed by atoms with Gasteiger partial charge in [-0.05, 0) is 18.3 Å². The highest BCUT2D eigenvalue weighted by Crippen LogP contribution is 2.29. The Balaban J connectivity index is 3.28. The standard InChI is InChI=1S/C7H5ClFN3O2S/c8-3-1-5(11-7(10)15)6(12(13)14)2-4(3)9/h1-2H,(H3,10,11,15). The summed E-state index contributed by atoms with van der Waals surface area (Å²) >= 11 is 9.96. The Bertz CT molecular complexity index is 440. The lowest BCUT2D eigenvalue weighted by Gasteiger charge is -2.05. The van der Waals surface area contributed by atoms with Gasteiger partial charge in [0, 0.05) is 0 Å². The first-order valence-corrected chi connectivity index (χ1v) is 4.40. The summed E-state index contributed by atoms with van der Waals surface area (Å²) in [5, 5.41) is 12.5. The van der Waals surface area contributed by atoms with Gasteiger partial charge in [-0.15, -0.1) is 0 Å². The van der Waals surface area contributed by atoms with Crippen molar-refractivity contribution in [2.75, 3.05) is 5.32 Å². The number of nitro benzene ring substituents is 1. The molecule has 0 aliphatic heterocycles. The van der Waals surface area contributed by atoms with E-state index in [1.165, 1.54) is 0 Å². The van der Waals surface area contributed by atoms with Gasteiger partial charge in [0.05, 0.1) is 16.0 Å². The average molecular weight is 250 g/mol. The normalized spacial score (nSPS) is 9.73. The minimum atomic E-state index is -0.878. The third-order valence-corrected chi connectivity index (χ3v) is 1.88. The van der Waals surface area contributed by atoms with Crippen LogP contribution in [0.2, 0.25) is 5.02 Å². The zero-order valence-corrected chi connectivity index (χ0v) is 8.73. The van der Waals surface area contributed by atoms with Gasteiger partial charge >= 0.3 is 0 Å². The summed E-state index contributed by atoms with van der Waals surface area (Å²) in [5.41, 5.74) is 4.62. The topological polar surface area (TPSA) is 81.2 Å². The van der Waals surface area contributed by atoms with E-state index < -0.39 is 16.4 Å². The van der Waals surface area contributed by atoms with Crippen molar-refractivity contribution in [1.29, 1.82) is 0 Å². The predicted octanol–water partition coefficient (Wildman–Crippen LogP) is 2.04. The van der Waals surface area contributed by atoms with Gasteiger partial charge in [-0.1, -0.05) is 11.6 Å². The second kappa shape index (κ2) is 4.37. The highest BCUT2D eigenvalue weighted by Gasteiger charge is 2.17. The number of hydrogen-bond acceptors (Lipinski definition) is 3. The van der Waals surface area contributed by atoms with Crippen LogP contribution in [-0.2, 0) is 0 Å². The number of nitrogens with zero attached hydrogens (tertiary/aromatic N) is 1. The highest BCUT2D eigenvalue weighted by molar-refractivity contribution is 7.80. The number of nitrogens with one attached hydrogen (secondary N) is 1. The summed E-state index contributed by atoms with van der Waals surface area (Å²) in [6, 6.07) is 1.75. The fraction of sp³-hybridized carbons (Fsp3) is 0. The molecule has 0 aliphatic rings. The van der Waals surface area contributed by atoms with Gasteiger partial charge in [0.2, 0.25) is 0 Å². The molecule has 0 saturated heterocycles. The smallest absolute Gasteiger partial charge is 0.295 e. The number of thiocarbonyl (C=S) groups is 1. The zero-order valence-electron chi connectivity index (χ0n) is 7.16. The second-order valence-corrected chi connectivity index (χ2v) is 3.38. The maximum Gasteiger partial charge on any atom is 0.295 e. The molecule has 0 heterocycles. The van der Waals surface area contributed by atoms with Crippen LogP contribution in [0, 0.1) is 15.9 Å². The SMILES string of the molecule is NC(=S)Nc1cc(Cl)c(F)cc1[N+](=O)[O-]. The Morgan fingerprint density at radius 2 is 2.27 bits per heavy atom. The maximum atomic E-state index is 12.9. The summed E-state index contributed by atoms with van der Waals surface area (Å²) in [5.74, 6) is -0.878. The Morgan fingerprint density at radius 3 is 2.73 bits per heavy atom. The summed E-state index contributed by atoms with van der Waals surface area (Å²) in [6.45, 7) is 0. The van der Waals surface area contributed by atoms with E-state index in [9.17, 15) is 14.5 Å². The maximum absolute atomic E-state index is 12.9. The first-order chi connectivity index (χ1) is 6.91. The molecule has 0 aromatic heterocycles. The molecule has 8 heteroatoms. The molecule has 0 unspecified atom stereocenters. The van der Waals surface area contributed by atoms with Crippen molar-refractivity contribution in [2.24, 2.45) is 5.73 Å². The molecule has 0 fully saturated rings. The van der Waals surface area contributed by atoms with E-state index in [1.54, 1.807) is 0 Å². The van der Waals surface area contributed by atoms with Crippen LogP contribution in [0.15, 0.2) is 12.1 Å². The molecular formula is C7H5ClFN3O2S. The van der Waals surface area contributed by atoms with Crippen LogP contribution in [0.25, 0.3) is 0 Å². The second-order valence-electron chi connectivity index (χ2n) is 2.53. The molecule has 0 spiro atoms. The van der Waals surface area contributed by atoms with Gasteiger partial charge in [0.1, 0.15) is 11.5 Å². The van der Waals surface area contributed by atoms with E-state index in [-0.39, 0.29) is 15.8 Å². The average Bonchev–Trinajstić information content (AvgIpc) is 2.09. The first kappa shape index (κ1) is 11.6. The van der Waals surface area contributed by atoms with Gasteiger partial charge in [0.25, 0.3) is 5.69 Å². The number of nitrogens with two attached hydrogens (primary N) is 1. The van der Waals surface area contributed by atoms with Gasteiger partial charge in [-0.3, -0.25) is 10.1 Å². The molecule has 5 nitrogen and oxygen atoms in total. The largest absolute Gasteiger partial charge is 0.376 e. The number of hydrogen-bond donors (Lipinski definition) is 2. The van der Waals surface area contributed by atoms with Crippen molar-refractivity contribution in [2.45, 2.75) is 0 Å². The number of anilines is 1. The van der Waals surface area contributed by atoms with Crippen LogP contribution in [0.4, 0.5) is 15.8 Å². The third kappa shape index (κ3) is 2.74. The fourth-order valence-corrected chi connectivity index (χ4v) is 1.19. The van der Waals surface area contributed by atoms with Crippen LogP contribution in [-0.4, -0.2) is 10.0 Å². The van der Waals surface area contributed by atoms with Crippen molar-refractivity contribution in [3.05, 3.63) is 33.1 Å². The van der Waals surface area contributed by atoms with Gasteiger partial charge in [-0.2, -0.15) is 0 Å². The third-order valence-electron chi connectivity index (χ3n) is 1.49. The fourth-order valence-electron chi connectivity index (χ4n) is 0.920. The van der Waals surface area contributed by atoms with Crippen molar-refractivity contribution in [1.82, 2.24) is 0 Å². The van der Waals surface area contributed by atoms with Gasteiger partial charge in [-0.25, -0.2) is 4.39 Å². The van der Waals surface area contributed by atoms with Gasteiger partial charge < -0.3 is 11.1 Å². The zero-order chi connectivity index (χ0) is 11.6. The Kier molecular flexibility index (Phi) is 3.38. The lowest BCUT2D eigenvalue weighted by molar-refractivity contribution is -0.384. The molecule has 0 amide bonds. The van der Waals surface area contributed by atoms with E-state index >= 15 is 0 Å². The van der Waals surface area contributed by atoms with Crippen molar-refractivity contribution >= 4 is 40.3 Å². The molecular weight excluding hydrogens is 245 g/mol. The summed E-state index contributed by atoms with van der Waals surface area (Å²) in [4.78, 5) is 9.77. The molecule has 1 aromatic rings. The minimum Gasteiger partial charge on any atom is -0.376 e. The molecule has 0 radical (unpaired) electrons. The summed E-state index contributed by atoms with van der Waals surface area (Å²) in [7, 11) is 0. The molecule has 0 aliphatic carbocycles.